The van der Waals surface area contributed by atoms with E-state index in [2.05, 4.69) is 56.1 Å². The Labute approximate surface area is 228 Å². The van der Waals surface area contributed by atoms with Crippen LogP contribution in [0.5, 0.6) is 34.5 Å². The molecule has 6 heteroatoms. The first-order valence-electron chi connectivity index (χ1n) is 13.2. The third-order valence-electron chi connectivity index (χ3n) is 7.82. The van der Waals surface area contributed by atoms with Gasteiger partial charge in [-0.2, -0.15) is 0 Å². The molecule has 0 saturated heterocycles. The van der Waals surface area contributed by atoms with Crippen molar-refractivity contribution < 1.29 is 18.9 Å². The summed E-state index contributed by atoms with van der Waals surface area (Å²) in [6, 6.07) is 24.5. The molecule has 0 aliphatic carbocycles. The molecule has 192 valence electrons. The maximum Gasteiger partial charge on any atom is 0.270 e. The van der Waals surface area contributed by atoms with Crippen LogP contribution in [0.2, 0.25) is 0 Å². The Hall–Kier alpha value is -4.45. The predicted molar refractivity (Wildman–Crippen MR) is 157 cm³/mol. The van der Waals surface area contributed by atoms with Gasteiger partial charge in [-0.15, -0.1) is 0 Å². The lowest BCUT2D eigenvalue weighted by atomic mass is 9.34. The molecular formula is C33H28BNO4. The number of hydrogen-bond acceptors (Lipinski definition) is 5. The molecule has 0 amide bonds. The zero-order chi connectivity index (χ0) is 26.9. The van der Waals surface area contributed by atoms with Crippen LogP contribution in [-0.4, -0.2) is 25.9 Å². The van der Waals surface area contributed by atoms with E-state index in [4.69, 9.17) is 18.9 Å². The fourth-order valence-electron chi connectivity index (χ4n) is 6.06. The molecule has 7 rings (SSSR count). The second-order valence-electron chi connectivity index (χ2n) is 11.0. The van der Waals surface area contributed by atoms with Crippen molar-refractivity contribution >= 4 is 34.0 Å². The maximum atomic E-state index is 6.77. The van der Waals surface area contributed by atoms with Gasteiger partial charge in [0.25, 0.3) is 6.71 Å². The lowest BCUT2D eigenvalue weighted by Crippen LogP contribution is -2.58. The Morgan fingerprint density at radius 1 is 0.667 bits per heavy atom. The summed E-state index contributed by atoms with van der Waals surface area (Å²) in [5.41, 5.74) is 6.90. The van der Waals surface area contributed by atoms with Crippen molar-refractivity contribution in [1.82, 2.24) is 4.98 Å². The van der Waals surface area contributed by atoms with Gasteiger partial charge in [-0.25, -0.2) is 0 Å². The second-order valence-corrected chi connectivity index (χ2v) is 11.0. The number of methoxy groups -OCH3 is 2. The van der Waals surface area contributed by atoms with Crippen molar-refractivity contribution in [3.8, 4) is 45.6 Å². The molecule has 5 aromatic rings. The van der Waals surface area contributed by atoms with E-state index in [-0.39, 0.29) is 12.1 Å². The molecule has 0 fully saturated rings. The van der Waals surface area contributed by atoms with Crippen LogP contribution in [0.15, 0.2) is 79.0 Å². The molecule has 0 unspecified atom stereocenters. The van der Waals surface area contributed by atoms with Crippen LogP contribution in [0.1, 0.15) is 26.3 Å². The molecule has 3 heterocycles. The topological polar surface area (TPSA) is 49.8 Å². The molecule has 2 aliphatic heterocycles. The second kappa shape index (κ2) is 8.53. The van der Waals surface area contributed by atoms with Crippen LogP contribution in [0.4, 0.5) is 0 Å². The minimum atomic E-state index is -0.205. The summed E-state index contributed by atoms with van der Waals surface area (Å²) in [6.45, 7) is 6.41. The molecule has 0 spiro atoms. The lowest BCUT2D eigenvalue weighted by molar-refractivity contribution is 0.406. The van der Waals surface area contributed by atoms with Crippen molar-refractivity contribution in [3.63, 3.8) is 0 Å². The van der Waals surface area contributed by atoms with Crippen molar-refractivity contribution in [3.05, 3.63) is 84.6 Å². The Balaban J connectivity index is 1.59. The number of rotatable bonds is 3. The number of fused-ring (bicyclic) bond motifs is 5. The highest BCUT2D eigenvalue weighted by molar-refractivity contribution is 6.99. The highest BCUT2D eigenvalue weighted by Crippen LogP contribution is 2.45. The van der Waals surface area contributed by atoms with E-state index < -0.39 is 0 Å². The van der Waals surface area contributed by atoms with E-state index in [1.807, 2.05) is 48.7 Å². The van der Waals surface area contributed by atoms with Gasteiger partial charge in [0, 0.05) is 33.5 Å². The van der Waals surface area contributed by atoms with Crippen molar-refractivity contribution in [1.29, 1.82) is 0 Å². The van der Waals surface area contributed by atoms with Gasteiger partial charge in [0.05, 0.1) is 19.7 Å². The smallest absolute Gasteiger partial charge is 0.270 e. The van der Waals surface area contributed by atoms with E-state index in [0.717, 1.165) is 78.5 Å². The van der Waals surface area contributed by atoms with Gasteiger partial charge in [-0.1, -0.05) is 51.1 Å². The highest BCUT2D eigenvalue weighted by Gasteiger charge is 2.46. The van der Waals surface area contributed by atoms with E-state index in [9.17, 15) is 0 Å². The average Bonchev–Trinajstić information content (AvgIpc) is 2.95. The summed E-state index contributed by atoms with van der Waals surface area (Å²) >= 11 is 0. The summed E-state index contributed by atoms with van der Waals surface area (Å²) in [6.07, 6.45) is 1.85. The Morgan fingerprint density at radius 2 is 1.33 bits per heavy atom. The first kappa shape index (κ1) is 23.7. The summed E-state index contributed by atoms with van der Waals surface area (Å²) in [7, 11) is 3.42. The molecule has 0 N–H and O–H groups in total. The summed E-state index contributed by atoms with van der Waals surface area (Å²) < 4.78 is 25.4. The Bertz CT molecular complexity index is 1780. The minimum absolute atomic E-state index is 0.138. The highest BCUT2D eigenvalue weighted by atomic mass is 16.5. The molecule has 0 radical (unpaired) electrons. The van der Waals surface area contributed by atoms with Gasteiger partial charge < -0.3 is 18.9 Å². The Morgan fingerprint density at radius 3 is 2.05 bits per heavy atom. The van der Waals surface area contributed by atoms with Crippen LogP contribution in [-0.2, 0) is 5.41 Å². The number of benzene rings is 4. The average molecular weight is 513 g/mol. The van der Waals surface area contributed by atoms with E-state index >= 15 is 0 Å². The standard InChI is InChI=1S/C33H28BNO4/c1-33(2,3)22-14-16-25(37-5)30-32(22)39-27-12-8-11-26-28(27)34(30)29-24(36-4)15-13-21(31(29)38-26)19-17-18-35-23-10-7-6-9-20(19)23/h6-18H,1-5H3. The largest absolute Gasteiger partial charge is 0.497 e. The molecule has 39 heavy (non-hydrogen) atoms. The fraction of sp³-hybridized carbons (Fsp3) is 0.182. The SMILES string of the molecule is COc1ccc(-c2ccnc3ccccc23)c2c1B1c3c(cccc3Oc3c(C(C)(C)C)ccc(OC)c31)O2. The van der Waals surface area contributed by atoms with E-state index in [1.54, 1.807) is 14.2 Å². The van der Waals surface area contributed by atoms with Crippen molar-refractivity contribution in [2.75, 3.05) is 14.2 Å². The molecule has 4 aromatic carbocycles. The van der Waals surface area contributed by atoms with Crippen molar-refractivity contribution in [2.45, 2.75) is 26.2 Å². The number of nitrogens with zero attached hydrogens (tertiary/aromatic N) is 1. The van der Waals surface area contributed by atoms with Crippen LogP contribution in [0.25, 0.3) is 22.0 Å². The molecule has 2 aliphatic rings. The van der Waals surface area contributed by atoms with Gasteiger partial charge in [-0.05, 0) is 59.0 Å². The molecule has 1 aromatic heterocycles. The number of pyridine rings is 1. The number of para-hydroxylation sites is 1. The fourth-order valence-corrected chi connectivity index (χ4v) is 6.06. The van der Waals surface area contributed by atoms with Gasteiger partial charge in [0.2, 0.25) is 0 Å². The molecule has 0 bridgehead atoms. The molecule has 0 saturated carbocycles. The summed E-state index contributed by atoms with van der Waals surface area (Å²) in [5, 5.41) is 1.07. The third-order valence-corrected chi connectivity index (χ3v) is 7.82. The third kappa shape index (κ3) is 3.44. The van der Waals surface area contributed by atoms with Gasteiger partial charge in [0.1, 0.15) is 34.5 Å². The number of aromatic nitrogens is 1. The zero-order valence-corrected chi connectivity index (χ0v) is 22.7. The first-order chi connectivity index (χ1) is 18.9. The summed E-state index contributed by atoms with van der Waals surface area (Å²) in [4.78, 5) is 4.59. The normalized spacial score (nSPS) is 13.1. The summed E-state index contributed by atoms with van der Waals surface area (Å²) in [5.74, 6) is 4.71. The van der Waals surface area contributed by atoms with Crippen LogP contribution in [0.3, 0.4) is 0 Å². The van der Waals surface area contributed by atoms with Gasteiger partial charge >= 0.3 is 0 Å². The zero-order valence-electron chi connectivity index (χ0n) is 22.7. The first-order valence-corrected chi connectivity index (χ1v) is 13.2. The quantitative estimate of drug-likeness (QED) is 0.274. The number of hydrogen-bond donors (Lipinski definition) is 0. The minimum Gasteiger partial charge on any atom is -0.497 e. The van der Waals surface area contributed by atoms with Crippen LogP contribution in [0, 0.1) is 0 Å². The van der Waals surface area contributed by atoms with E-state index in [1.165, 1.54) is 0 Å². The monoisotopic (exact) mass is 513 g/mol. The predicted octanol–water partition coefficient (Wildman–Crippen LogP) is 5.94. The van der Waals surface area contributed by atoms with E-state index in [0.29, 0.717) is 0 Å². The van der Waals surface area contributed by atoms with Gasteiger partial charge in [0.15, 0.2) is 0 Å². The Kier molecular flexibility index (Phi) is 5.18. The van der Waals surface area contributed by atoms with Crippen molar-refractivity contribution in [2.24, 2.45) is 0 Å². The number of ether oxygens (including phenoxy) is 4. The van der Waals surface area contributed by atoms with Gasteiger partial charge in [-0.3, -0.25) is 4.98 Å². The van der Waals surface area contributed by atoms with Crippen LogP contribution < -0.4 is 35.3 Å². The lowest BCUT2D eigenvalue weighted by Gasteiger charge is -2.37. The molecule has 5 nitrogen and oxygen atoms in total. The molecule has 0 atom stereocenters. The molecular weight excluding hydrogens is 485 g/mol. The maximum absolute atomic E-state index is 6.77. The van der Waals surface area contributed by atoms with Crippen LogP contribution >= 0.6 is 0 Å².